The lowest BCUT2D eigenvalue weighted by Crippen LogP contribution is -2.50. The number of rotatable bonds is 9. The van der Waals surface area contributed by atoms with Gasteiger partial charge in [-0.15, -0.1) is 5.10 Å². The van der Waals surface area contributed by atoms with E-state index in [1.165, 1.54) is 4.90 Å². The summed E-state index contributed by atoms with van der Waals surface area (Å²) in [5.41, 5.74) is 1.71. The van der Waals surface area contributed by atoms with E-state index in [4.69, 9.17) is 13.9 Å². The molecule has 38 heavy (non-hydrogen) atoms. The summed E-state index contributed by atoms with van der Waals surface area (Å²) in [6, 6.07) is 15.4. The van der Waals surface area contributed by atoms with Crippen LogP contribution in [0.25, 0.3) is 11.0 Å². The van der Waals surface area contributed by atoms with Crippen molar-refractivity contribution in [3.05, 3.63) is 71.7 Å². The molecule has 0 unspecified atom stereocenters. The van der Waals surface area contributed by atoms with Crippen molar-refractivity contribution in [3.63, 3.8) is 0 Å². The van der Waals surface area contributed by atoms with Crippen LogP contribution in [0.1, 0.15) is 50.3 Å². The van der Waals surface area contributed by atoms with Gasteiger partial charge in [-0.1, -0.05) is 30.3 Å². The van der Waals surface area contributed by atoms with Gasteiger partial charge in [-0.05, 0) is 69.2 Å². The number of amides is 2. The first-order valence-corrected chi connectivity index (χ1v) is 12.6. The van der Waals surface area contributed by atoms with Gasteiger partial charge in [-0.3, -0.25) is 9.59 Å². The normalized spacial score (nSPS) is 13.5. The van der Waals surface area contributed by atoms with Gasteiger partial charge in [0.15, 0.2) is 17.5 Å². The topological polar surface area (TPSA) is 112 Å². The Morgan fingerprint density at radius 3 is 2.66 bits per heavy atom. The molecule has 2 aromatic heterocycles. The summed E-state index contributed by atoms with van der Waals surface area (Å²) >= 11 is 0. The fourth-order valence-electron chi connectivity index (χ4n) is 4.33. The summed E-state index contributed by atoms with van der Waals surface area (Å²) < 4.78 is 18.5. The maximum absolute atomic E-state index is 14.0. The molecule has 0 saturated heterocycles. The maximum atomic E-state index is 14.0. The van der Waals surface area contributed by atoms with E-state index in [0.717, 1.165) is 11.1 Å². The molecule has 1 N–H and O–H groups in total. The molecule has 1 aliphatic heterocycles. The molecule has 198 valence electrons. The smallest absolute Gasteiger partial charge is 0.251 e. The highest BCUT2D eigenvalue weighted by molar-refractivity contribution is 5.89. The molecule has 1 aliphatic rings. The third-order valence-electron chi connectivity index (χ3n) is 6.75. The monoisotopic (exact) mass is 517 g/mol. The van der Waals surface area contributed by atoms with Gasteiger partial charge in [0.2, 0.25) is 12.7 Å². The van der Waals surface area contributed by atoms with E-state index in [1.54, 1.807) is 29.8 Å². The van der Waals surface area contributed by atoms with E-state index in [9.17, 15) is 9.59 Å². The van der Waals surface area contributed by atoms with Gasteiger partial charge in [0.05, 0.1) is 5.52 Å². The lowest BCUT2D eigenvalue weighted by molar-refractivity contribution is -0.143. The molecular formula is C28H31N5O5. The minimum absolute atomic E-state index is 0.105. The molecule has 2 aromatic carbocycles. The summed E-state index contributed by atoms with van der Waals surface area (Å²) in [5, 5.41) is 11.4. The highest BCUT2D eigenvalue weighted by atomic mass is 16.7. The van der Waals surface area contributed by atoms with Gasteiger partial charge in [-0.2, -0.15) is 0 Å². The van der Waals surface area contributed by atoms with Gasteiger partial charge in [0, 0.05) is 12.1 Å². The first kappa shape index (κ1) is 25.3. The zero-order chi connectivity index (χ0) is 26.9. The largest absolute Gasteiger partial charge is 0.464 e. The Morgan fingerprint density at radius 2 is 1.89 bits per heavy atom. The lowest BCUT2D eigenvalue weighted by Gasteiger charge is -2.33. The molecule has 0 bridgehead atoms. The number of nitrogens with one attached hydrogen (secondary N) is 1. The molecule has 0 spiro atoms. The van der Waals surface area contributed by atoms with E-state index >= 15 is 0 Å². The van der Waals surface area contributed by atoms with Crippen LogP contribution in [0.15, 0.2) is 59.0 Å². The van der Waals surface area contributed by atoms with Crippen LogP contribution in [0.2, 0.25) is 0 Å². The maximum Gasteiger partial charge on any atom is 0.251 e. The Kier molecular flexibility index (Phi) is 6.79. The fraction of sp³-hybridized carbons (Fsp3) is 0.357. The van der Waals surface area contributed by atoms with Crippen molar-refractivity contribution >= 4 is 22.8 Å². The van der Waals surface area contributed by atoms with E-state index in [0.29, 0.717) is 35.0 Å². The second-order valence-electron chi connectivity index (χ2n) is 10.0. The SMILES string of the molecule is CCC(C)(C)NC(=O)[C@H](c1ccc(C)o1)N(Cc1ccc2c(c1)OCO2)C(=O)Cn1nnc2ccccc21. The van der Waals surface area contributed by atoms with Gasteiger partial charge in [0.25, 0.3) is 5.91 Å². The molecule has 10 nitrogen and oxygen atoms in total. The van der Waals surface area contributed by atoms with Gasteiger partial charge >= 0.3 is 0 Å². The molecule has 0 radical (unpaired) electrons. The number of hydrogen-bond acceptors (Lipinski definition) is 7. The number of hydrogen-bond donors (Lipinski definition) is 1. The van der Waals surface area contributed by atoms with Crippen molar-refractivity contribution in [2.75, 3.05) is 6.79 Å². The molecule has 1 atom stereocenters. The first-order chi connectivity index (χ1) is 18.2. The minimum atomic E-state index is -1.01. The van der Waals surface area contributed by atoms with Gasteiger partial charge in [-0.25, -0.2) is 4.68 Å². The van der Waals surface area contributed by atoms with Crippen LogP contribution < -0.4 is 14.8 Å². The second kappa shape index (κ2) is 10.2. The molecule has 5 rings (SSSR count). The third kappa shape index (κ3) is 5.20. The van der Waals surface area contributed by atoms with Crippen LogP contribution in [0, 0.1) is 6.92 Å². The Hall–Kier alpha value is -4.34. The Labute approximate surface area is 220 Å². The molecule has 3 heterocycles. The zero-order valence-corrected chi connectivity index (χ0v) is 21.9. The predicted octanol–water partition coefficient (Wildman–Crippen LogP) is 4.14. The zero-order valence-electron chi connectivity index (χ0n) is 21.9. The number of carbonyl (C=O) groups excluding carboxylic acids is 2. The molecule has 0 aliphatic carbocycles. The van der Waals surface area contributed by atoms with Gasteiger partial charge in [0.1, 0.15) is 23.6 Å². The van der Waals surface area contributed by atoms with Crippen molar-refractivity contribution in [2.45, 2.75) is 58.8 Å². The van der Waals surface area contributed by atoms with Crippen LogP contribution in [0.3, 0.4) is 0 Å². The van der Waals surface area contributed by atoms with Crippen molar-refractivity contribution in [3.8, 4) is 11.5 Å². The highest BCUT2D eigenvalue weighted by Crippen LogP contribution is 2.34. The summed E-state index contributed by atoms with van der Waals surface area (Å²) in [6.45, 7) is 7.86. The first-order valence-electron chi connectivity index (χ1n) is 12.6. The number of carbonyl (C=O) groups is 2. The van der Waals surface area contributed by atoms with E-state index in [-0.39, 0.29) is 31.7 Å². The Balaban J connectivity index is 1.54. The molecule has 4 aromatic rings. The molecule has 0 saturated carbocycles. The summed E-state index contributed by atoms with van der Waals surface area (Å²) in [6.07, 6.45) is 0.712. The molecule has 10 heteroatoms. The number of furan rings is 1. The van der Waals surface area contributed by atoms with Crippen molar-refractivity contribution in [1.82, 2.24) is 25.2 Å². The molecular weight excluding hydrogens is 486 g/mol. The van der Waals surface area contributed by atoms with Gasteiger partial charge < -0.3 is 24.1 Å². The van der Waals surface area contributed by atoms with Crippen molar-refractivity contribution in [1.29, 1.82) is 0 Å². The second-order valence-corrected chi connectivity index (χ2v) is 10.0. The Bertz CT molecular complexity index is 1470. The average molecular weight is 518 g/mol. The number of benzene rings is 2. The molecule has 2 amide bonds. The van der Waals surface area contributed by atoms with E-state index < -0.39 is 11.6 Å². The highest BCUT2D eigenvalue weighted by Gasteiger charge is 2.36. The lowest BCUT2D eigenvalue weighted by atomic mass is 10.0. The standard InChI is InChI=1S/C28H31N5O5/c1-5-28(3,4)29-27(35)26(23-12-10-18(2)38-23)32(15-19-11-13-22-24(14-19)37-17-36-22)25(34)16-33-21-9-7-6-8-20(21)30-31-33/h6-14,26H,5,15-17H2,1-4H3,(H,29,35)/t26-/m0/s1. The number of para-hydroxylation sites is 1. The van der Waals surface area contributed by atoms with Crippen molar-refractivity contribution in [2.24, 2.45) is 0 Å². The third-order valence-corrected chi connectivity index (χ3v) is 6.75. The van der Waals surface area contributed by atoms with E-state index in [2.05, 4.69) is 15.6 Å². The molecule has 0 fully saturated rings. The number of aryl methyl sites for hydroxylation is 1. The van der Waals surface area contributed by atoms with Crippen LogP contribution in [-0.2, 0) is 22.7 Å². The Morgan fingerprint density at radius 1 is 1.11 bits per heavy atom. The quantitative estimate of drug-likeness (QED) is 0.355. The summed E-state index contributed by atoms with van der Waals surface area (Å²) in [7, 11) is 0. The minimum Gasteiger partial charge on any atom is -0.464 e. The van der Waals surface area contributed by atoms with Crippen LogP contribution in [-0.4, -0.2) is 44.0 Å². The predicted molar refractivity (Wildman–Crippen MR) is 139 cm³/mol. The van der Waals surface area contributed by atoms with E-state index in [1.807, 2.05) is 57.2 Å². The number of fused-ring (bicyclic) bond motifs is 2. The van der Waals surface area contributed by atoms with Crippen molar-refractivity contribution < 1.29 is 23.5 Å². The summed E-state index contributed by atoms with van der Waals surface area (Å²) in [4.78, 5) is 29.4. The number of nitrogens with zero attached hydrogens (tertiary/aromatic N) is 4. The number of ether oxygens (including phenoxy) is 2. The van der Waals surface area contributed by atoms with Crippen LogP contribution in [0.5, 0.6) is 11.5 Å². The number of aromatic nitrogens is 3. The van der Waals surface area contributed by atoms with Crippen LogP contribution in [0.4, 0.5) is 0 Å². The average Bonchev–Trinajstić information content (AvgIpc) is 3.63. The fourth-order valence-corrected chi connectivity index (χ4v) is 4.33. The summed E-state index contributed by atoms with van der Waals surface area (Å²) in [5.74, 6) is 1.61. The van der Waals surface area contributed by atoms with Crippen LogP contribution >= 0.6 is 0 Å².